The Labute approximate surface area is 614 Å². The van der Waals surface area contributed by atoms with Crippen LogP contribution in [0.3, 0.4) is 0 Å². The summed E-state index contributed by atoms with van der Waals surface area (Å²) in [7, 11) is 4.97. The van der Waals surface area contributed by atoms with Gasteiger partial charge in [-0.2, -0.15) is 0 Å². The highest BCUT2D eigenvalue weighted by molar-refractivity contribution is 6.32. The lowest BCUT2D eigenvalue weighted by molar-refractivity contribution is -0.179. The number of carbonyl (C=O) groups is 8. The molecule has 2 saturated heterocycles. The molecule has 4 aliphatic rings. The normalized spacial score (nSPS) is 25.6. The number of halogens is 3. The van der Waals surface area contributed by atoms with Gasteiger partial charge in [0.1, 0.15) is 48.0 Å². The van der Waals surface area contributed by atoms with E-state index < -0.39 is 94.8 Å². The zero-order valence-electron chi connectivity index (χ0n) is 60.4. The van der Waals surface area contributed by atoms with E-state index in [1.165, 1.54) is 26.4 Å². The zero-order chi connectivity index (χ0) is 74.8. The highest BCUT2D eigenvalue weighted by atomic mass is 35.5. The number of benzene rings is 4. The van der Waals surface area contributed by atoms with E-state index in [-0.39, 0.29) is 99.7 Å². The van der Waals surface area contributed by atoms with Crippen molar-refractivity contribution in [3.63, 3.8) is 0 Å². The van der Waals surface area contributed by atoms with Gasteiger partial charge in [0.05, 0.1) is 53.8 Å². The average molecular weight is 1470 g/mol. The van der Waals surface area contributed by atoms with Crippen LogP contribution in [0.2, 0.25) is 10.0 Å². The maximum Gasteiger partial charge on any atom is 0.347 e. The number of nitrogens with one attached hydrogen (secondary N) is 4. The minimum absolute atomic E-state index is 0.00548. The minimum atomic E-state index is -1.21. The molecule has 4 amide bonds. The predicted molar refractivity (Wildman–Crippen MR) is 388 cm³/mol. The second-order valence-electron chi connectivity index (χ2n) is 28.7. The van der Waals surface area contributed by atoms with Crippen LogP contribution < -0.4 is 30.7 Å². The van der Waals surface area contributed by atoms with E-state index in [2.05, 4.69) is 27.2 Å². The molecule has 0 unspecified atom stereocenters. The molecule has 4 heterocycles. The molecular formula is C78H98Cl3N5O16. The number of terminal acetylenes is 1. The Morgan fingerprint density at radius 1 is 0.569 bits per heavy atom. The van der Waals surface area contributed by atoms with E-state index in [1.54, 1.807) is 76.2 Å². The highest BCUT2D eigenvalue weighted by Crippen LogP contribution is 2.47. The molecule has 24 heteroatoms. The summed E-state index contributed by atoms with van der Waals surface area (Å²) in [5, 5.41) is 11.8. The average Bonchev–Trinajstić information content (AvgIpc) is 1.63. The molecule has 4 aromatic rings. The summed E-state index contributed by atoms with van der Waals surface area (Å²) >= 11 is 18.6. The largest absolute Gasteiger partial charge is 0.495 e. The van der Waals surface area contributed by atoms with Crippen molar-refractivity contribution in [1.82, 2.24) is 26.2 Å². The fraction of sp³-hybridized carbons (Fsp3) is 0.513. The summed E-state index contributed by atoms with van der Waals surface area (Å²) < 4.78 is 46.4. The van der Waals surface area contributed by atoms with Gasteiger partial charge >= 0.3 is 23.9 Å². The maximum atomic E-state index is 13.7. The third-order valence-corrected chi connectivity index (χ3v) is 19.0. The van der Waals surface area contributed by atoms with Crippen LogP contribution in [0.4, 0.5) is 0 Å². The Morgan fingerprint density at radius 2 is 0.951 bits per heavy atom. The van der Waals surface area contributed by atoms with Crippen molar-refractivity contribution in [1.29, 1.82) is 0 Å². The maximum absolute atomic E-state index is 13.7. The topological polar surface area (TPSA) is 268 Å². The number of epoxide rings is 2. The van der Waals surface area contributed by atoms with Crippen LogP contribution in [-0.4, -0.2) is 142 Å². The Kier molecular flexibility index (Phi) is 29.9. The number of esters is 4. The lowest BCUT2D eigenvalue weighted by Crippen LogP contribution is -2.51. The molecule has 552 valence electrons. The van der Waals surface area contributed by atoms with E-state index in [0.29, 0.717) is 51.6 Å². The van der Waals surface area contributed by atoms with Crippen LogP contribution in [-0.2, 0) is 92.0 Å². The molecule has 4 aromatic carbocycles. The first-order chi connectivity index (χ1) is 48.3. The molecule has 0 radical (unpaired) electrons. The van der Waals surface area contributed by atoms with Gasteiger partial charge in [0.2, 0.25) is 23.6 Å². The van der Waals surface area contributed by atoms with Gasteiger partial charge in [-0.3, -0.25) is 33.7 Å². The van der Waals surface area contributed by atoms with E-state index in [9.17, 15) is 38.4 Å². The SMILES string of the molecule is C#CCN(C)Cc1ccc([C@H]2O[C@@H]2[C@@H](C)[C@@H]2C/C=C/C(=O)N[C@H](Cc3ccc(OC)c(Cl)c3)C(=O)NCC(C)(C)C(=O)O[C@@H](CC(C)C)C(=O)O2)cc1.COc1ccc(C[C@H]2NC(=O)/C=C/C[C@@H]([C@H](C)[C@H]3O[C@@H]3c3ccc(CCl)cc3)OC(=O)[C@H](CC(C)C)OC(=O)C(C)(C)CNC2=O)cc1Cl. The van der Waals surface area contributed by atoms with Gasteiger partial charge in [-0.15, -0.1) is 18.0 Å². The van der Waals surface area contributed by atoms with Crippen molar-refractivity contribution in [3.8, 4) is 23.8 Å². The molecule has 2 fully saturated rings. The minimum Gasteiger partial charge on any atom is -0.495 e. The number of ether oxygens (including phenoxy) is 8. The van der Waals surface area contributed by atoms with E-state index in [0.717, 1.165) is 22.3 Å². The van der Waals surface area contributed by atoms with E-state index in [1.807, 2.05) is 102 Å². The number of alkyl halides is 1. The summed E-state index contributed by atoms with van der Waals surface area (Å²) in [6, 6.07) is 24.2. The van der Waals surface area contributed by atoms with Gasteiger partial charge in [0, 0.05) is 63.0 Å². The third kappa shape index (κ3) is 23.8. The van der Waals surface area contributed by atoms with Crippen LogP contribution in [0.15, 0.2) is 109 Å². The smallest absolute Gasteiger partial charge is 0.347 e. The monoisotopic (exact) mass is 1470 g/mol. The van der Waals surface area contributed by atoms with Gasteiger partial charge in [0.25, 0.3) is 0 Å². The summed E-state index contributed by atoms with van der Waals surface area (Å²) in [6.07, 6.45) is 7.73. The molecular weight excluding hydrogens is 1370 g/mol. The van der Waals surface area contributed by atoms with Gasteiger partial charge in [-0.1, -0.05) is 143 Å². The number of methoxy groups -OCH3 is 2. The third-order valence-electron chi connectivity index (χ3n) is 18.1. The summed E-state index contributed by atoms with van der Waals surface area (Å²) in [5.74, 6) is -1.25. The quantitative estimate of drug-likeness (QED) is 0.0211. The number of hydrogen-bond acceptors (Lipinski definition) is 17. The molecule has 0 bridgehead atoms. The van der Waals surface area contributed by atoms with Crippen LogP contribution >= 0.6 is 34.8 Å². The first-order valence-electron chi connectivity index (χ1n) is 34.5. The van der Waals surface area contributed by atoms with Crippen LogP contribution in [0.25, 0.3) is 0 Å². The van der Waals surface area contributed by atoms with Gasteiger partial charge in [-0.25, -0.2) is 9.59 Å². The number of carbonyl (C=O) groups excluding carboxylic acids is 8. The molecule has 12 atom stereocenters. The van der Waals surface area contributed by atoms with E-state index in [4.69, 9.17) is 79.1 Å². The van der Waals surface area contributed by atoms with Crippen molar-refractivity contribution < 1.29 is 76.3 Å². The van der Waals surface area contributed by atoms with Crippen molar-refractivity contribution >= 4 is 82.3 Å². The second-order valence-corrected chi connectivity index (χ2v) is 29.8. The van der Waals surface area contributed by atoms with Crippen LogP contribution in [0, 0.1) is 46.8 Å². The molecule has 0 aromatic heterocycles. The summed E-state index contributed by atoms with van der Waals surface area (Å²) in [4.78, 5) is 110. The summed E-state index contributed by atoms with van der Waals surface area (Å²) in [5.41, 5.74) is 3.05. The molecule has 4 N–H and O–H groups in total. The Hall–Kier alpha value is -7.97. The van der Waals surface area contributed by atoms with Crippen molar-refractivity contribution in [3.05, 3.63) is 153 Å². The number of hydrogen-bond donors (Lipinski definition) is 4. The molecule has 102 heavy (non-hydrogen) atoms. The number of nitrogens with zero attached hydrogens (tertiary/aromatic N) is 1. The number of rotatable bonds is 20. The van der Waals surface area contributed by atoms with Crippen LogP contribution in [0.5, 0.6) is 11.5 Å². The number of cyclic esters (lactones) is 4. The van der Waals surface area contributed by atoms with Crippen molar-refractivity contribution in [2.75, 3.05) is 40.9 Å². The first-order valence-corrected chi connectivity index (χ1v) is 35.8. The lowest BCUT2D eigenvalue weighted by Gasteiger charge is -2.29. The molecule has 0 aliphatic carbocycles. The van der Waals surface area contributed by atoms with Crippen molar-refractivity contribution in [2.24, 2.45) is 34.5 Å². The lowest BCUT2D eigenvalue weighted by atomic mass is 9.92. The Bertz CT molecular complexity index is 3690. The first kappa shape index (κ1) is 81.3. The highest BCUT2D eigenvalue weighted by Gasteiger charge is 2.50. The standard InChI is InChI=1S/C41H52ClN3O8.C37H46Cl2N2O8/c1-9-19-45(7)23-27-13-16-29(17-14-27)37-36(53-37)26(4)32-11-10-12-35(46)44-31(22-28-15-18-33(50-8)30(42)21-28)38(47)43-24-41(5,6)40(49)52-34(20-25(2)3)39(48)51-32;1-21(2)16-30-35(44)47-28(22(3)32-33(49-32)25-13-10-23(19-38)11-14-25)8-7-9-31(42)41-27(18-24-12-15-29(46-6)26(39)17-24)34(43)40-20-37(4,5)36(45)48-30/h1,10,12-18,21,25-26,31-32,34,36-37H,11,19-20,22-24H2,2-8H3,(H,43,47)(H,44,46);7,9-15,17,21-22,27-28,30,32-33H,8,16,18-20H2,1-6H3,(H,40,43)(H,41,42)/b12-10+;9-7+/t26-,31+,32-,34-,36+,37+;22-,27+,28-,30-,32+,33+/m00/s1. The van der Waals surface area contributed by atoms with Gasteiger partial charge in [-0.05, 0) is 129 Å². The Morgan fingerprint density at radius 3 is 1.30 bits per heavy atom. The van der Waals surface area contributed by atoms with Gasteiger partial charge < -0.3 is 59.2 Å². The fourth-order valence-corrected chi connectivity index (χ4v) is 12.5. The molecule has 8 rings (SSSR count). The van der Waals surface area contributed by atoms with Gasteiger partial charge in [0.15, 0.2) is 12.2 Å². The predicted octanol–water partition coefficient (Wildman–Crippen LogP) is 11.1. The van der Waals surface area contributed by atoms with Crippen molar-refractivity contribution in [2.45, 2.75) is 181 Å². The second kappa shape index (κ2) is 37.5. The zero-order valence-corrected chi connectivity index (χ0v) is 62.7. The molecule has 0 saturated carbocycles. The number of amides is 4. The van der Waals surface area contributed by atoms with Crippen LogP contribution in [0.1, 0.15) is 141 Å². The fourth-order valence-electron chi connectivity index (χ4n) is 11.8. The summed E-state index contributed by atoms with van der Waals surface area (Å²) in [6.45, 7) is 19.1. The van der Waals surface area contributed by atoms with E-state index >= 15 is 0 Å². The Balaban J connectivity index is 0.000000287. The molecule has 21 nitrogen and oxygen atoms in total. The molecule has 0 spiro atoms. The molecule has 4 aliphatic heterocycles.